The lowest BCUT2D eigenvalue weighted by molar-refractivity contribution is 0.677. The molecule has 1 fully saturated rings. The predicted molar refractivity (Wildman–Crippen MR) is 45.8 cm³/mol. The van der Waals surface area contributed by atoms with E-state index in [1.807, 2.05) is 19.0 Å². The van der Waals surface area contributed by atoms with Crippen LogP contribution < -0.4 is 10.6 Å². The molecule has 3 N–H and O–H groups in total. The first kappa shape index (κ1) is 7.54. The van der Waals surface area contributed by atoms with Crippen molar-refractivity contribution in [3.63, 3.8) is 0 Å². The molecule has 0 atom stereocenters. The molecule has 66 valence electrons. The molecule has 1 aliphatic rings. The van der Waals surface area contributed by atoms with Gasteiger partial charge < -0.3 is 10.6 Å². The highest BCUT2D eigenvalue weighted by Crippen LogP contribution is 2.40. The largest absolute Gasteiger partial charge is 0.346 e. The third-order valence-corrected chi connectivity index (χ3v) is 2.13. The second kappa shape index (κ2) is 2.20. The van der Waals surface area contributed by atoms with Crippen molar-refractivity contribution in [2.75, 3.05) is 19.0 Å². The molecule has 1 aliphatic carbocycles. The van der Waals surface area contributed by atoms with E-state index in [0.29, 0.717) is 5.95 Å². The fourth-order valence-corrected chi connectivity index (χ4v) is 1.05. The molecule has 1 saturated carbocycles. The fourth-order valence-electron chi connectivity index (χ4n) is 1.05. The number of aromatic amines is 1. The number of aromatic nitrogens is 3. The summed E-state index contributed by atoms with van der Waals surface area (Å²) >= 11 is 0. The Labute approximate surface area is 71.0 Å². The van der Waals surface area contributed by atoms with E-state index in [2.05, 4.69) is 15.2 Å². The first-order chi connectivity index (χ1) is 5.62. The normalized spacial score (nSPS) is 19.2. The zero-order valence-electron chi connectivity index (χ0n) is 7.33. The van der Waals surface area contributed by atoms with Crippen molar-refractivity contribution in [3.05, 3.63) is 5.82 Å². The second-order valence-electron chi connectivity index (χ2n) is 3.53. The molecule has 2 rings (SSSR count). The molecule has 0 radical (unpaired) electrons. The van der Waals surface area contributed by atoms with Crippen molar-refractivity contribution < 1.29 is 0 Å². The Balaban J connectivity index is 2.25. The summed E-state index contributed by atoms with van der Waals surface area (Å²) in [4.78, 5) is 6.13. The van der Waals surface area contributed by atoms with Crippen molar-refractivity contribution >= 4 is 5.95 Å². The van der Waals surface area contributed by atoms with E-state index in [4.69, 9.17) is 5.73 Å². The summed E-state index contributed by atoms with van der Waals surface area (Å²) < 4.78 is 0. The van der Waals surface area contributed by atoms with Crippen LogP contribution in [0.25, 0.3) is 0 Å². The Morgan fingerprint density at radius 3 is 2.58 bits per heavy atom. The summed E-state index contributed by atoms with van der Waals surface area (Å²) in [6, 6.07) is 0. The topological polar surface area (TPSA) is 70.8 Å². The van der Waals surface area contributed by atoms with E-state index >= 15 is 0 Å². The lowest BCUT2D eigenvalue weighted by Gasteiger charge is -2.04. The highest BCUT2D eigenvalue weighted by molar-refractivity contribution is 5.28. The molecule has 5 nitrogen and oxygen atoms in total. The lowest BCUT2D eigenvalue weighted by Crippen LogP contribution is -2.20. The van der Waals surface area contributed by atoms with Gasteiger partial charge in [0.15, 0.2) is 0 Å². The Kier molecular flexibility index (Phi) is 1.38. The lowest BCUT2D eigenvalue weighted by atomic mass is 10.3. The highest BCUT2D eigenvalue weighted by Gasteiger charge is 2.43. The van der Waals surface area contributed by atoms with Gasteiger partial charge in [0.2, 0.25) is 5.95 Å². The number of hydrogen-bond acceptors (Lipinski definition) is 4. The monoisotopic (exact) mass is 167 g/mol. The molecule has 1 heterocycles. The van der Waals surface area contributed by atoms with Gasteiger partial charge in [-0.3, -0.25) is 5.10 Å². The number of rotatable bonds is 2. The maximum absolute atomic E-state index is 5.93. The summed E-state index contributed by atoms with van der Waals surface area (Å²) in [6.07, 6.45) is 2.02. The van der Waals surface area contributed by atoms with E-state index in [1.54, 1.807) is 0 Å². The first-order valence-electron chi connectivity index (χ1n) is 4.01. The van der Waals surface area contributed by atoms with Crippen LogP contribution in [0.4, 0.5) is 5.95 Å². The van der Waals surface area contributed by atoms with Crippen molar-refractivity contribution in [2.24, 2.45) is 5.73 Å². The van der Waals surface area contributed by atoms with Gasteiger partial charge in [-0.15, -0.1) is 5.10 Å². The summed E-state index contributed by atoms with van der Waals surface area (Å²) in [7, 11) is 3.81. The van der Waals surface area contributed by atoms with Crippen LogP contribution >= 0.6 is 0 Å². The van der Waals surface area contributed by atoms with Gasteiger partial charge in [0.05, 0.1) is 5.54 Å². The van der Waals surface area contributed by atoms with Crippen molar-refractivity contribution in [2.45, 2.75) is 18.4 Å². The SMILES string of the molecule is CN(C)c1n[nH]c(C2(N)CC2)n1. The molecule has 1 aromatic heterocycles. The van der Waals surface area contributed by atoms with Gasteiger partial charge >= 0.3 is 0 Å². The minimum Gasteiger partial charge on any atom is -0.346 e. The Morgan fingerprint density at radius 1 is 1.50 bits per heavy atom. The Hall–Kier alpha value is -1.10. The van der Waals surface area contributed by atoms with E-state index < -0.39 is 0 Å². The summed E-state index contributed by atoms with van der Waals surface area (Å²) in [5.41, 5.74) is 5.72. The number of nitrogens with two attached hydrogens (primary N) is 1. The standard InChI is InChI=1S/C7H13N5/c1-12(2)6-9-5(10-11-6)7(8)3-4-7/h3-4,8H2,1-2H3,(H,9,10,11). The molecule has 0 spiro atoms. The van der Waals surface area contributed by atoms with E-state index in [1.165, 1.54) is 0 Å². The molecule has 0 aliphatic heterocycles. The number of hydrogen-bond donors (Lipinski definition) is 2. The van der Waals surface area contributed by atoms with Crippen LogP contribution in [0.2, 0.25) is 0 Å². The Morgan fingerprint density at radius 2 is 2.17 bits per heavy atom. The minimum absolute atomic E-state index is 0.207. The van der Waals surface area contributed by atoms with Crippen LogP contribution in [-0.4, -0.2) is 29.3 Å². The molecular weight excluding hydrogens is 154 g/mol. The molecular formula is C7H13N5. The zero-order chi connectivity index (χ0) is 8.77. The molecule has 5 heteroatoms. The van der Waals surface area contributed by atoms with Crippen LogP contribution in [0, 0.1) is 0 Å². The molecule has 0 unspecified atom stereocenters. The highest BCUT2D eigenvalue weighted by atomic mass is 15.3. The smallest absolute Gasteiger partial charge is 0.244 e. The number of nitrogens with one attached hydrogen (secondary N) is 1. The fraction of sp³-hybridized carbons (Fsp3) is 0.714. The average Bonchev–Trinajstić information content (AvgIpc) is 2.61. The van der Waals surface area contributed by atoms with Crippen LogP contribution in [0.5, 0.6) is 0 Å². The Bertz CT molecular complexity index is 286. The quantitative estimate of drug-likeness (QED) is 0.641. The van der Waals surface area contributed by atoms with Crippen LogP contribution in [0.15, 0.2) is 0 Å². The van der Waals surface area contributed by atoms with Crippen LogP contribution in [-0.2, 0) is 5.54 Å². The van der Waals surface area contributed by atoms with Gasteiger partial charge in [0.1, 0.15) is 5.82 Å². The zero-order valence-corrected chi connectivity index (χ0v) is 7.33. The molecule has 0 aromatic carbocycles. The van der Waals surface area contributed by atoms with E-state index in [-0.39, 0.29) is 5.54 Å². The molecule has 12 heavy (non-hydrogen) atoms. The van der Waals surface area contributed by atoms with Gasteiger partial charge in [-0.2, -0.15) is 4.98 Å². The van der Waals surface area contributed by atoms with Gasteiger partial charge in [-0.25, -0.2) is 0 Å². The van der Waals surface area contributed by atoms with Gasteiger partial charge in [-0.1, -0.05) is 0 Å². The maximum Gasteiger partial charge on any atom is 0.244 e. The van der Waals surface area contributed by atoms with Gasteiger partial charge in [0.25, 0.3) is 0 Å². The summed E-state index contributed by atoms with van der Waals surface area (Å²) in [5.74, 6) is 1.51. The molecule has 0 saturated heterocycles. The van der Waals surface area contributed by atoms with Gasteiger partial charge in [-0.05, 0) is 12.8 Å². The van der Waals surface area contributed by atoms with Crippen molar-refractivity contribution in [3.8, 4) is 0 Å². The maximum atomic E-state index is 5.93. The third kappa shape index (κ3) is 1.06. The third-order valence-electron chi connectivity index (χ3n) is 2.13. The van der Waals surface area contributed by atoms with Crippen molar-refractivity contribution in [1.29, 1.82) is 0 Å². The predicted octanol–water partition coefficient (Wildman–Crippen LogP) is -0.182. The van der Waals surface area contributed by atoms with E-state index in [0.717, 1.165) is 18.7 Å². The average molecular weight is 167 g/mol. The molecule has 1 aromatic rings. The molecule has 0 amide bonds. The summed E-state index contributed by atoms with van der Waals surface area (Å²) in [5, 5.41) is 6.89. The first-order valence-corrected chi connectivity index (χ1v) is 4.01. The van der Waals surface area contributed by atoms with Crippen LogP contribution in [0.3, 0.4) is 0 Å². The molecule has 0 bridgehead atoms. The number of nitrogens with zero attached hydrogens (tertiary/aromatic N) is 3. The number of anilines is 1. The number of H-pyrrole nitrogens is 1. The minimum atomic E-state index is -0.207. The van der Waals surface area contributed by atoms with E-state index in [9.17, 15) is 0 Å². The van der Waals surface area contributed by atoms with Gasteiger partial charge in [0, 0.05) is 14.1 Å². The van der Waals surface area contributed by atoms with Crippen molar-refractivity contribution in [1.82, 2.24) is 15.2 Å². The van der Waals surface area contributed by atoms with Crippen LogP contribution in [0.1, 0.15) is 18.7 Å². The summed E-state index contributed by atoms with van der Waals surface area (Å²) in [6.45, 7) is 0. The second-order valence-corrected chi connectivity index (χ2v) is 3.53.